The molecule has 0 saturated heterocycles. The number of fused-ring (bicyclic) bond motifs is 2. The Balaban J connectivity index is 2.14. The standard InChI is InChI=1S/C15H9FOS/c16-13-5-6-14-12(8-13)4-3-11-2-1-10(9-17)7-15(11)18-14/h1-9H. The molecule has 0 radical (unpaired) electrons. The molecule has 2 aromatic rings. The van der Waals surface area contributed by atoms with Gasteiger partial charge < -0.3 is 0 Å². The fourth-order valence-electron chi connectivity index (χ4n) is 1.89. The van der Waals surface area contributed by atoms with Crippen LogP contribution in [-0.2, 0) is 0 Å². The minimum absolute atomic E-state index is 0.237. The van der Waals surface area contributed by atoms with Crippen LogP contribution in [0.4, 0.5) is 4.39 Å². The monoisotopic (exact) mass is 256 g/mol. The molecule has 3 heteroatoms. The molecule has 0 unspecified atom stereocenters. The van der Waals surface area contributed by atoms with E-state index in [0.29, 0.717) is 5.56 Å². The summed E-state index contributed by atoms with van der Waals surface area (Å²) in [5.41, 5.74) is 2.56. The average Bonchev–Trinajstić information content (AvgIpc) is 2.56. The molecule has 3 rings (SSSR count). The molecule has 1 nitrogen and oxygen atoms in total. The maximum Gasteiger partial charge on any atom is 0.150 e. The highest BCUT2D eigenvalue weighted by molar-refractivity contribution is 7.99. The first kappa shape index (κ1) is 11.2. The fourth-order valence-corrected chi connectivity index (χ4v) is 2.96. The predicted octanol–water partition coefficient (Wildman–Crippen LogP) is 4.27. The largest absolute Gasteiger partial charge is 0.298 e. The number of benzene rings is 2. The molecule has 0 aromatic heterocycles. The van der Waals surface area contributed by atoms with Crippen molar-refractivity contribution in [2.24, 2.45) is 0 Å². The van der Waals surface area contributed by atoms with E-state index in [-0.39, 0.29) is 5.82 Å². The number of hydrogen-bond donors (Lipinski definition) is 0. The minimum atomic E-state index is -0.237. The summed E-state index contributed by atoms with van der Waals surface area (Å²) in [6.07, 6.45) is 4.68. The molecule has 1 aliphatic rings. The van der Waals surface area contributed by atoms with Crippen molar-refractivity contribution in [1.29, 1.82) is 0 Å². The van der Waals surface area contributed by atoms with Gasteiger partial charge in [0, 0.05) is 15.4 Å². The maximum absolute atomic E-state index is 13.2. The Labute approximate surface area is 108 Å². The number of rotatable bonds is 1. The lowest BCUT2D eigenvalue weighted by Crippen LogP contribution is -1.84. The van der Waals surface area contributed by atoms with Crippen molar-refractivity contribution in [3.63, 3.8) is 0 Å². The number of halogens is 1. The van der Waals surface area contributed by atoms with Gasteiger partial charge in [-0.05, 0) is 35.4 Å². The first-order valence-corrected chi connectivity index (χ1v) is 6.32. The van der Waals surface area contributed by atoms with E-state index in [0.717, 1.165) is 27.2 Å². The Hall–Kier alpha value is -1.87. The SMILES string of the molecule is O=Cc1ccc2c(c1)Sc1ccc(F)cc1C=C2. The molecule has 0 amide bonds. The zero-order chi connectivity index (χ0) is 12.5. The molecule has 0 bridgehead atoms. The Morgan fingerprint density at radius 2 is 1.78 bits per heavy atom. The van der Waals surface area contributed by atoms with Gasteiger partial charge in [0.05, 0.1) is 0 Å². The summed E-state index contributed by atoms with van der Waals surface area (Å²) in [4.78, 5) is 12.8. The van der Waals surface area contributed by atoms with Gasteiger partial charge in [0.15, 0.2) is 0 Å². The molecule has 1 aliphatic heterocycles. The van der Waals surface area contributed by atoms with Gasteiger partial charge in [-0.1, -0.05) is 36.0 Å². The van der Waals surface area contributed by atoms with Crippen LogP contribution in [0.3, 0.4) is 0 Å². The second-order valence-electron chi connectivity index (χ2n) is 4.03. The van der Waals surface area contributed by atoms with Gasteiger partial charge in [-0.2, -0.15) is 0 Å². The van der Waals surface area contributed by atoms with Gasteiger partial charge in [0.25, 0.3) is 0 Å². The molecular weight excluding hydrogens is 247 g/mol. The predicted molar refractivity (Wildman–Crippen MR) is 71.3 cm³/mol. The highest BCUT2D eigenvalue weighted by Crippen LogP contribution is 2.37. The van der Waals surface area contributed by atoms with E-state index in [4.69, 9.17) is 0 Å². The third kappa shape index (κ3) is 1.97. The van der Waals surface area contributed by atoms with Gasteiger partial charge in [-0.25, -0.2) is 4.39 Å². The molecule has 0 atom stereocenters. The summed E-state index contributed by atoms with van der Waals surface area (Å²) in [6, 6.07) is 10.3. The molecule has 18 heavy (non-hydrogen) atoms. The van der Waals surface area contributed by atoms with Crippen LogP contribution < -0.4 is 0 Å². The molecule has 88 valence electrons. The lowest BCUT2D eigenvalue weighted by Gasteiger charge is -2.06. The van der Waals surface area contributed by atoms with Crippen molar-refractivity contribution in [1.82, 2.24) is 0 Å². The van der Waals surface area contributed by atoms with Gasteiger partial charge >= 0.3 is 0 Å². The zero-order valence-electron chi connectivity index (χ0n) is 9.39. The summed E-state index contributed by atoms with van der Waals surface area (Å²) in [5, 5.41) is 0. The van der Waals surface area contributed by atoms with E-state index in [1.807, 2.05) is 24.3 Å². The van der Waals surface area contributed by atoms with Gasteiger partial charge in [-0.3, -0.25) is 4.79 Å². The van der Waals surface area contributed by atoms with E-state index in [2.05, 4.69) is 0 Å². The zero-order valence-corrected chi connectivity index (χ0v) is 10.2. The van der Waals surface area contributed by atoms with Crippen LogP contribution in [-0.4, -0.2) is 6.29 Å². The highest BCUT2D eigenvalue weighted by atomic mass is 32.2. The Morgan fingerprint density at radius 3 is 2.61 bits per heavy atom. The molecule has 0 saturated carbocycles. The third-order valence-corrected chi connectivity index (χ3v) is 3.97. The Bertz CT molecular complexity index is 662. The van der Waals surface area contributed by atoms with Gasteiger partial charge in [0.2, 0.25) is 0 Å². The van der Waals surface area contributed by atoms with Crippen LogP contribution in [0, 0.1) is 5.82 Å². The van der Waals surface area contributed by atoms with Gasteiger partial charge in [0.1, 0.15) is 12.1 Å². The van der Waals surface area contributed by atoms with E-state index in [1.165, 1.54) is 12.1 Å². The number of carbonyl (C=O) groups excluding carboxylic acids is 1. The van der Waals surface area contributed by atoms with Crippen LogP contribution in [0.15, 0.2) is 46.2 Å². The lowest BCUT2D eigenvalue weighted by molar-refractivity contribution is 0.112. The second kappa shape index (κ2) is 4.42. The first-order valence-electron chi connectivity index (χ1n) is 5.51. The summed E-state index contributed by atoms with van der Waals surface area (Å²) >= 11 is 1.55. The fraction of sp³-hybridized carbons (Fsp3) is 0. The second-order valence-corrected chi connectivity index (χ2v) is 5.12. The smallest absolute Gasteiger partial charge is 0.150 e. The lowest BCUT2D eigenvalue weighted by atomic mass is 10.1. The van der Waals surface area contributed by atoms with Crippen molar-refractivity contribution in [2.45, 2.75) is 9.79 Å². The number of carbonyl (C=O) groups is 1. The van der Waals surface area contributed by atoms with Crippen LogP contribution >= 0.6 is 11.8 Å². The van der Waals surface area contributed by atoms with Crippen LogP contribution in [0.25, 0.3) is 12.2 Å². The van der Waals surface area contributed by atoms with E-state index in [1.54, 1.807) is 23.9 Å². The van der Waals surface area contributed by atoms with Crippen molar-refractivity contribution in [2.75, 3.05) is 0 Å². The molecule has 0 spiro atoms. The van der Waals surface area contributed by atoms with Crippen molar-refractivity contribution in [3.05, 3.63) is 58.9 Å². The van der Waals surface area contributed by atoms with E-state index in [9.17, 15) is 9.18 Å². The van der Waals surface area contributed by atoms with Crippen LogP contribution in [0.5, 0.6) is 0 Å². The minimum Gasteiger partial charge on any atom is -0.298 e. The maximum atomic E-state index is 13.2. The first-order chi connectivity index (χ1) is 8.76. The third-order valence-electron chi connectivity index (χ3n) is 2.81. The van der Waals surface area contributed by atoms with E-state index < -0.39 is 0 Å². The molecule has 1 heterocycles. The summed E-state index contributed by atoms with van der Waals surface area (Å²) in [5.74, 6) is -0.237. The van der Waals surface area contributed by atoms with Crippen molar-refractivity contribution in [3.8, 4) is 0 Å². The number of aldehydes is 1. The molecule has 0 aliphatic carbocycles. The topological polar surface area (TPSA) is 17.1 Å². The van der Waals surface area contributed by atoms with Crippen LogP contribution in [0.1, 0.15) is 21.5 Å². The van der Waals surface area contributed by atoms with Gasteiger partial charge in [-0.15, -0.1) is 0 Å². The Morgan fingerprint density at radius 1 is 0.944 bits per heavy atom. The average molecular weight is 256 g/mol. The Kier molecular flexibility index (Phi) is 2.76. The quantitative estimate of drug-likeness (QED) is 0.605. The van der Waals surface area contributed by atoms with Crippen molar-refractivity contribution >= 4 is 30.2 Å². The number of hydrogen-bond acceptors (Lipinski definition) is 2. The molecular formula is C15H9FOS. The molecule has 0 N–H and O–H groups in total. The molecule has 2 aromatic carbocycles. The van der Waals surface area contributed by atoms with Crippen molar-refractivity contribution < 1.29 is 9.18 Å². The van der Waals surface area contributed by atoms with Crippen LogP contribution in [0.2, 0.25) is 0 Å². The highest BCUT2D eigenvalue weighted by Gasteiger charge is 2.11. The summed E-state index contributed by atoms with van der Waals surface area (Å²) in [6.45, 7) is 0. The normalized spacial score (nSPS) is 12.5. The summed E-state index contributed by atoms with van der Waals surface area (Å²) in [7, 11) is 0. The summed E-state index contributed by atoms with van der Waals surface area (Å²) < 4.78 is 13.2. The van der Waals surface area contributed by atoms with E-state index >= 15 is 0 Å². The molecule has 0 fully saturated rings.